The van der Waals surface area contributed by atoms with Crippen molar-refractivity contribution in [1.82, 2.24) is 0 Å². The van der Waals surface area contributed by atoms with Crippen LogP contribution < -0.4 is 20.9 Å². The zero-order chi connectivity index (χ0) is 46.7. The molecular formula is C47H53NO15S2. The molecule has 18 heteroatoms. The van der Waals surface area contributed by atoms with Crippen LogP contribution >= 0.6 is 0 Å². The van der Waals surface area contributed by atoms with Crippen molar-refractivity contribution in [3.8, 4) is 11.5 Å². The van der Waals surface area contributed by atoms with E-state index in [0.717, 1.165) is 16.7 Å². The Morgan fingerprint density at radius 3 is 1.92 bits per heavy atom. The molecule has 0 atom stereocenters. The smallest absolute Gasteiger partial charge is 0.310 e. The second-order valence-electron chi connectivity index (χ2n) is 18.2. The first kappa shape index (κ1) is 46.5. The summed E-state index contributed by atoms with van der Waals surface area (Å²) in [4.78, 5) is 54.3. The number of carbonyl (C=O) groups is 2. The van der Waals surface area contributed by atoms with Gasteiger partial charge < -0.3 is 30.1 Å². The minimum Gasteiger partial charge on any atom is -0.504 e. The topological polar surface area (TPSA) is 268 Å². The molecule has 0 heterocycles. The van der Waals surface area contributed by atoms with Gasteiger partial charge in [0, 0.05) is 40.9 Å². The Labute approximate surface area is 374 Å². The number of phenols is 1. The molecule has 348 valence electrons. The second kappa shape index (κ2) is 18.0. The molecule has 0 unspecified atom stereocenters. The highest BCUT2D eigenvalue weighted by atomic mass is 32.2. The van der Waals surface area contributed by atoms with Crippen LogP contribution in [0.2, 0.25) is 0 Å². The van der Waals surface area contributed by atoms with Gasteiger partial charge in [-0.05, 0) is 145 Å². The maximum Gasteiger partial charge on any atom is 0.310 e. The average molecular weight is 936 g/mol. The lowest BCUT2D eigenvalue weighted by Crippen LogP contribution is -2.27. The summed E-state index contributed by atoms with van der Waals surface area (Å²) in [6.45, 7) is 1.29. The first-order valence-corrected chi connectivity index (χ1v) is 25.2. The van der Waals surface area contributed by atoms with Gasteiger partial charge in [0.25, 0.3) is 10.1 Å². The van der Waals surface area contributed by atoms with Gasteiger partial charge >= 0.3 is 16.1 Å². The number of esters is 1. The summed E-state index contributed by atoms with van der Waals surface area (Å²) >= 11 is 0. The molecular weight excluding hydrogens is 883 g/mol. The molecule has 6 N–H and O–H groups in total. The number of benzene rings is 5. The number of anilines is 1. The summed E-state index contributed by atoms with van der Waals surface area (Å²) in [6, 6.07) is 2.66. The van der Waals surface area contributed by atoms with E-state index in [1.165, 1.54) is 19.2 Å². The Morgan fingerprint density at radius 1 is 0.754 bits per heavy atom. The summed E-state index contributed by atoms with van der Waals surface area (Å²) < 4.78 is 74.0. The van der Waals surface area contributed by atoms with E-state index >= 15 is 0 Å². The van der Waals surface area contributed by atoms with Crippen LogP contribution in [-0.2, 0) is 60.6 Å². The Hall–Kier alpha value is -4.98. The van der Waals surface area contributed by atoms with Gasteiger partial charge in [-0.15, -0.1) is 0 Å². The van der Waals surface area contributed by atoms with Crippen LogP contribution in [0.15, 0.2) is 27.3 Å². The van der Waals surface area contributed by atoms with E-state index in [0.29, 0.717) is 126 Å². The minimum atomic E-state index is -4.49. The fraction of sp³-hybridized carbons (Fsp3) is 0.489. The van der Waals surface area contributed by atoms with E-state index in [-0.39, 0.29) is 63.4 Å². The highest BCUT2D eigenvalue weighted by molar-refractivity contribution is 7.85. The van der Waals surface area contributed by atoms with E-state index in [9.17, 15) is 55.9 Å². The number of allylic oxidation sites excluding steroid dienone is 1. The number of aliphatic hydroxyl groups excluding tert-OH is 2. The van der Waals surface area contributed by atoms with Crippen molar-refractivity contribution in [3.05, 3.63) is 66.0 Å². The molecule has 0 spiro atoms. The fourth-order valence-corrected chi connectivity index (χ4v) is 11.8. The number of ketones is 1. The first-order valence-electron chi connectivity index (χ1n) is 22.0. The monoisotopic (exact) mass is 935 g/mol. The van der Waals surface area contributed by atoms with Gasteiger partial charge in [0.05, 0.1) is 42.8 Å². The molecule has 3 aliphatic rings. The van der Waals surface area contributed by atoms with E-state index < -0.39 is 62.5 Å². The molecule has 8 rings (SSSR count). The molecule has 16 nitrogen and oxygen atoms in total. The molecule has 2 saturated carbocycles. The molecule has 0 saturated heterocycles. The lowest BCUT2D eigenvalue weighted by Gasteiger charge is -2.30. The zero-order valence-corrected chi connectivity index (χ0v) is 37.8. The molecule has 3 aliphatic carbocycles. The van der Waals surface area contributed by atoms with Crippen LogP contribution in [0.5, 0.6) is 11.5 Å². The predicted molar refractivity (Wildman–Crippen MR) is 245 cm³/mol. The minimum absolute atomic E-state index is 0.00473. The highest BCUT2D eigenvalue weighted by Gasteiger charge is 2.34. The van der Waals surface area contributed by atoms with Crippen LogP contribution in [0.25, 0.3) is 49.2 Å². The maximum atomic E-state index is 14.8. The van der Waals surface area contributed by atoms with Gasteiger partial charge in [0.2, 0.25) is 5.94 Å². The van der Waals surface area contributed by atoms with Crippen molar-refractivity contribution in [2.45, 2.75) is 97.2 Å². The first-order chi connectivity index (χ1) is 30.8. The molecule has 0 aliphatic heterocycles. The van der Waals surface area contributed by atoms with Crippen LogP contribution in [0.4, 0.5) is 5.69 Å². The molecule has 0 bridgehead atoms. The van der Waals surface area contributed by atoms with Crippen LogP contribution in [-0.4, -0.2) is 78.4 Å². The summed E-state index contributed by atoms with van der Waals surface area (Å²) in [5, 5.41) is 40.7. The summed E-state index contributed by atoms with van der Waals surface area (Å²) in [5.74, 6) is -3.51. The molecule has 5 aromatic rings. The SMILES string of the molecule is COc1c(O)c2c(=O)cc(CO)c3c4c(CO)cc(=O)c5c(NCC6CCC(C(=O)CCS(=O)(=O)O)CC6)c(CCC6CCC(C(=O)OCS(=O)(=O)O)CC6)c6c(c(c1CC(C)=C6)c23)c54. The van der Waals surface area contributed by atoms with Crippen LogP contribution in [0.3, 0.4) is 0 Å². The molecule has 0 radical (unpaired) electrons. The zero-order valence-electron chi connectivity index (χ0n) is 36.2. The molecule has 0 aromatic heterocycles. The molecule has 65 heavy (non-hydrogen) atoms. The largest absolute Gasteiger partial charge is 0.504 e. The van der Waals surface area contributed by atoms with Gasteiger partial charge in [-0.3, -0.25) is 28.3 Å². The van der Waals surface area contributed by atoms with E-state index in [2.05, 4.69) is 11.4 Å². The number of Topliss-reactive ketones (excluding diaryl/α,β-unsaturated/α-hetero) is 1. The number of aromatic hydroxyl groups is 1. The van der Waals surface area contributed by atoms with Crippen molar-refractivity contribution in [2.75, 3.05) is 30.7 Å². The van der Waals surface area contributed by atoms with Crippen molar-refractivity contribution < 1.29 is 60.3 Å². The Morgan fingerprint density at radius 2 is 1.34 bits per heavy atom. The third kappa shape index (κ3) is 8.88. The van der Waals surface area contributed by atoms with E-state index in [4.69, 9.17) is 14.0 Å². The van der Waals surface area contributed by atoms with Gasteiger partial charge in [0.15, 0.2) is 22.4 Å². The normalized spacial score (nSPS) is 20.4. The van der Waals surface area contributed by atoms with Crippen molar-refractivity contribution in [1.29, 1.82) is 0 Å². The van der Waals surface area contributed by atoms with Crippen LogP contribution in [0.1, 0.15) is 98.9 Å². The third-order valence-electron chi connectivity index (χ3n) is 14.1. The molecule has 2 fully saturated rings. The van der Waals surface area contributed by atoms with Crippen LogP contribution in [0, 0.1) is 23.7 Å². The quantitative estimate of drug-likeness (QED) is 0.0298. The summed E-state index contributed by atoms with van der Waals surface area (Å²) in [5.41, 5.74) is 3.35. The second-order valence-corrected chi connectivity index (χ2v) is 21.2. The standard InChI is InChI=1S/C47H53NO15S2/c1-23-15-31-30(12-7-24-3-10-27(11-4-24)47(55)63-22-65(59,60)61)44(48-19-25-5-8-26(9-6-25)33(51)13-14-64(56,57)58)40-34(52)17-28(20-49)36-37-29(21-50)18-35(53)41-43(37)39(38(31)42(36)40)32(16-23)46(62-2)45(41)54/h15,17-18,24-27,48-50,54H,3-14,16,19-22H2,1-2H3,(H,56,57,58)(H,59,60,61). The van der Waals surface area contributed by atoms with Crippen molar-refractivity contribution in [2.24, 2.45) is 23.7 Å². The van der Waals surface area contributed by atoms with Gasteiger partial charge in [0.1, 0.15) is 5.78 Å². The number of phenolic OH excluding ortho intramolecular Hbond substituents is 1. The van der Waals surface area contributed by atoms with Crippen molar-refractivity contribution in [3.63, 3.8) is 0 Å². The maximum absolute atomic E-state index is 14.8. The highest BCUT2D eigenvalue weighted by Crippen LogP contribution is 2.54. The number of aliphatic hydroxyl groups is 2. The fourth-order valence-electron chi connectivity index (χ4n) is 11.1. The summed E-state index contributed by atoms with van der Waals surface area (Å²) in [6.07, 6.45) is 7.71. The van der Waals surface area contributed by atoms with Gasteiger partial charge in [-0.1, -0.05) is 11.6 Å². The number of nitrogens with one attached hydrogen (secondary N) is 1. The third-order valence-corrected chi connectivity index (χ3v) is 15.3. The summed E-state index contributed by atoms with van der Waals surface area (Å²) in [7, 11) is -7.35. The number of fused-ring (bicyclic) bond motifs is 1. The Kier molecular flexibility index (Phi) is 12.9. The van der Waals surface area contributed by atoms with Gasteiger partial charge in [-0.2, -0.15) is 16.8 Å². The molecule has 5 aromatic carbocycles. The number of carbonyl (C=O) groups excluding carboxylic acids is 2. The number of hydrogen-bond donors (Lipinski definition) is 6. The average Bonchev–Trinajstić information content (AvgIpc) is 3.42. The van der Waals surface area contributed by atoms with Crippen molar-refractivity contribution >= 4 is 86.8 Å². The Balaban J connectivity index is 1.29. The molecule has 0 amide bonds. The number of hydrogen-bond acceptors (Lipinski definition) is 14. The van der Waals surface area contributed by atoms with Gasteiger partial charge in [-0.25, -0.2) is 0 Å². The number of methoxy groups -OCH3 is 1. The van der Waals surface area contributed by atoms with E-state index in [1.807, 2.05) is 6.92 Å². The predicted octanol–water partition coefficient (Wildman–Crippen LogP) is 5.75. The number of ether oxygens (including phenoxy) is 2. The van der Waals surface area contributed by atoms with E-state index in [1.54, 1.807) is 0 Å². The lowest BCUT2D eigenvalue weighted by molar-refractivity contribution is -0.148. The Bertz CT molecular complexity index is 3110. The number of rotatable bonds is 16. The lowest BCUT2D eigenvalue weighted by atomic mass is 9.77.